The minimum atomic E-state index is -1.47. The van der Waals surface area contributed by atoms with Crippen molar-refractivity contribution in [3.63, 3.8) is 0 Å². The van der Waals surface area contributed by atoms with Gasteiger partial charge in [0.25, 0.3) is 0 Å². The third kappa shape index (κ3) is 3.50. The first-order chi connectivity index (χ1) is 5.91. The summed E-state index contributed by atoms with van der Waals surface area (Å²) in [6.45, 7) is 3.99. The Kier molecular flexibility index (Phi) is 5.27. The molecule has 0 saturated carbocycles. The maximum Gasteiger partial charge on any atom is 0.174 e. The van der Waals surface area contributed by atoms with Crippen LogP contribution in [0.2, 0.25) is 0 Å². The zero-order chi connectivity index (χ0) is 10.6. The molecule has 0 aromatic rings. The van der Waals surface area contributed by atoms with E-state index in [1.165, 1.54) is 29.5 Å². The van der Waals surface area contributed by atoms with E-state index in [-0.39, 0.29) is 6.42 Å². The quantitative estimate of drug-likeness (QED) is 0.404. The van der Waals surface area contributed by atoms with Crippen molar-refractivity contribution in [3.8, 4) is 0 Å². The van der Waals surface area contributed by atoms with Gasteiger partial charge in [-0.1, -0.05) is 13.5 Å². The van der Waals surface area contributed by atoms with Crippen LogP contribution in [0.4, 0.5) is 17.6 Å². The smallest absolute Gasteiger partial charge is 0.174 e. The van der Waals surface area contributed by atoms with E-state index >= 15 is 0 Å². The molecule has 0 amide bonds. The van der Waals surface area contributed by atoms with E-state index in [1.807, 2.05) is 0 Å². The van der Waals surface area contributed by atoms with Crippen molar-refractivity contribution >= 4 is 22.6 Å². The van der Waals surface area contributed by atoms with E-state index < -0.39 is 26.9 Å². The molecule has 0 unspecified atom stereocenters. The molecule has 0 heterocycles. The van der Waals surface area contributed by atoms with Crippen molar-refractivity contribution in [2.45, 2.75) is 13.3 Å². The topological polar surface area (TPSA) is 0 Å². The molecule has 0 fully saturated rings. The molecule has 0 radical (unpaired) electrons. The van der Waals surface area contributed by atoms with Crippen LogP contribution in [0.15, 0.2) is 33.5 Å². The summed E-state index contributed by atoms with van der Waals surface area (Å²) in [4.78, 5) is 0. The summed E-state index contributed by atoms with van der Waals surface area (Å²) in [6, 6.07) is 0. The highest BCUT2D eigenvalue weighted by Gasteiger charge is 2.15. The molecule has 13 heavy (non-hydrogen) atoms. The van der Waals surface area contributed by atoms with Crippen molar-refractivity contribution in [3.05, 3.63) is 33.5 Å². The molecule has 0 atom stereocenters. The molecule has 0 aliphatic rings. The first kappa shape index (κ1) is 12.7. The highest BCUT2D eigenvalue weighted by Crippen LogP contribution is 2.31. The van der Waals surface area contributed by atoms with Crippen molar-refractivity contribution in [1.29, 1.82) is 0 Å². The fraction of sp³-hybridized carbons (Fsp3) is 0.250. The number of halogens is 5. The van der Waals surface area contributed by atoms with Crippen LogP contribution in [-0.4, -0.2) is 0 Å². The molecule has 0 spiro atoms. The van der Waals surface area contributed by atoms with Gasteiger partial charge in [-0.05, 0) is 29.0 Å². The summed E-state index contributed by atoms with van der Waals surface area (Å²) >= 11 is 1.18. The van der Waals surface area contributed by atoms with Crippen LogP contribution in [0.3, 0.4) is 0 Å². The molecule has 0 aliphatic carbocycles. The van der Waals surface area contributed by atoms with Crippen LogP contribution >= 0.6 is 22.6 Å². The molecule has 0 aliphatic heterocycles. The molecule has 0 aromatic carbocycles. The summed E-state index contributed by atoms with van der Waals surface area (Å²) in [6.07, 6.45) is -0.204. The van der Waals surface area contributed by atoms with Crippen LogP contribution in [-0.2, 0) is 0 Å². The summed E-state index contributed by atoms with van der Waals surface area (Å²) < 4.78 is 49.4. The van der Waals surface area contributed by atoms with E-state index in [9.17, 15) is 17.6 Å². The molecule has 0 saturated heterocycles. The Morgan fingerprint density at radius 3 is 1.92 bits per heavy atom. The number of rotatable bonds is 3. The maximum absolute atomic E-state index is 12.8. The van der Waals surface area contributed by atoms with Crippen molar-refractivity contribution in [2.24, 2.45) is 0 Å². The predicted octanol–water partition coefficient (Wildman–Crippen LogP) is 4.65. The molecule has 0 rings (SSSR count). The van der Waals surface area contributed by atoms with E-state index in [1.54, 1.807) is 0 Å². The van der Waals surface area contributed by atoms with E-state index in [4.69, 9.17) is 0 Å². The van der Waals surface area contributed by atoms with Gasteiger partial charge in [0.15, 0.2) is 17.5 Å². The predicted molar refractivity (Wildman–Crippen MR) is 51.9 cm³/mol. The zero-order valence-electron chi connectivity index (χ0n) is 6.80. The largest absolute Gasteiger partial charge is 0.209 e. The van der Waals surface area contributed by atoms with E-state index in [0.29, 0.717) is 0 Å². The SMILES string of the molecule is C=C(F)/C(F)=C(I)\C(F)=C(\F)CC. The second kappa shape index (κ2) is 5.41. The Morgan fingerprint density at radius 1 is 1.15 bits per heavy atom. The minimum Gasteiger partial charge on any atom is -0.209 e. The normalized spacial score (nSPS) is 14.9. The third-order valence-corrected chi connectivity index (χ3v) is 2.12. The lowest BCUT2D eigenvalue weighted by molar-refractivity contribution is 0.513. The number of allylic oxidation sites excluding steroid dienone is 5. The van der Waals surface area contributed by atoms with E-state index in [2.05, 4.69) is 6.58 Å². The van der Waals surface area contributed by atoms with Crippen molar-refractivity contribution in [2.75, 3.05) is 0 Å². The molecule has 0 aromatic heterocycles. The minimum absolute atomic E-state index is 0.204. The van der Waals surface area contributed by atoms with Gasteiger partial charge in [0.05, 0.1) is 3.58 Å². The Morgan fingerprint density at radius 2 is 1.62 bits per heavy atom. The zero-order valence-corrected chi connectivity index (χ0v) is 8.96. The highest BCUT2D eigenvalue weighted by molar-refractivity contribution is 14.1. The molecule has 0 nitrogen and oxygen atoms in total. The number of hydrogen-bond donors (Lipinski definition) is 0. The first-order valence-electron chi connectivity index (χ1n) is 3.36. The van der Waals surface area contributed by atoms with Gasteiger partial charge in [0.1, 0.15) is 5.83 Å². The van der Waals surface area contributed by atoms with Gasteiger partial charge in [0.2, 0.25) is 0 Å². The molecular formula is C8H7F4I. The molecule has 5 heteroatoms. The fourth-order valence-electron chi connectivity index (χ4n) is 0.490. The van der Waals surface area contributed by atoms with Crippen LogP contribution in [0, 0.1) is 0 Å². The Balaban J connectivity index is 5.10. The standard InChI is InChI=1S/C8H7F4I/c1-3-5(10)7(12)8(13)6(11)4(2)9/h2-3H2,1H3/b7-5-,8-6-. The van der Waals surface area contributed by atoms with Gasteiger partial charge in [0, 0.05) is 0 Å². The fourth-order valence-corrected chi connectivity index (χ4v) is 1.07. The summed E-state index contributed by atoms with van der Waals surface area (Å²) in [5.74, 6) is -5.37. The van der Waals surface area contributed by atoms with Gasteiger partial charge in [-0.2, -0.15) is 0 Å². The summed E-state index contributed by atoms with van der Waals surface area (Å²) in [7, 11) is 0. The first-order valence-corrected chi connectivity index (χ1v) is 4.44. The van der Waals surface area contributed by atoms with Gasteiger partial charge in [-0.25, -0.2) is 17.6 Å². The molecular weight excluding hydrogens is 299 g/mol. The van der Waals surface area contributed by atoms with E-state index in [0.717, 1.165) is 0 Å². The lowest BCUT2D eigenvalue weighted by Gasteiger charge is -1.99. The maximum atomic E-state index is 12.8. The lowest BCUT2D eigenvalue weighted by atomic mass is 10.3. The summed E-state index contributed by atoms with van der Waals surface area (Å²) in [5.41, 5.74) is 0. The highest BCUT2D eigenvalue weighted by atomic mass is 127. The third-order valence-electron chi connectivity index (χ3n) is 1.17. The number of hydrogen-bond acceptors (Lipinski definition) is 0. The van der Waals surface area contributed by atoms with Crippen LogP contribution < -0.4 is 0 Å². The van der Waals surface area contributed by atoms with Crippen molar-refractivity contribution < 1.29 is 17.6 Å². The van der Waals surface area contributed by atoms with Gasteiger partial charge in [-0.3, -0.25) is 0 Å². The average Bonchev–Trinajstić information content (AvgIpc) is 2.12. The monoisotopic (exact) mass is 306 g/mol. The second-order valence-electron chi connectivity index (χ2n) is 2.11. The average molecular weight is 306 g/mol. The Labute approximate surface area is 87.1 Å². The second-order valence-corrected chi connectivity index (χ2v) is 3.18. The Bertz CT molecular complexity index is 278. The van der Waals surface area contributed by atoms with Crippen molar-refractivity contribution in [1.82, 2.24) is 0 Å². The molecule has 0 N–H and O–H groups in total. The van der Waals surface area contributed by atoms with Crippen LogP contribution in [0.1, 0.15) is 13.3 Å². The molecule has 0 bridgehead atoms. The Hall–Kier alpha value is -0.330. The van der Waals surface area contributed by atoms with Gasteiger partial charge >= 0.3 is 0 Å². The van der Waals surface area contributed by atoms with Crippen LogP contribution in [0.25, 0.3) is 0 Å². The molecule has 74 valence electrons. The van der Waals surface area contributed by atoms with Gasteiger partial charge < -0.3 is 0 Å². The van der Waals surface area contributed by atoms with Crippen LogP contribution in [0.5, 0.6) is 0 Å². The van der Waals surface area contributed by atoms with Gasteiger partial charge in [-0.15, -0.1) is 0 Å². The lowest BCUT2D eigenvalue weighted by Crippen LogP contribution is -1.84. The summed E-state index contributed by atoms with van der Waals surface area (Å²) in [5, 5.41) is 0.